The summed E-state index contributed by atoms with van der Waals surface area (Å²) >= 11 is 0. The van der Waals surface area contributed by atoms with E-state index in [2.05, 4.69) is 90.5 Å². The fourth-order valence-corrected chi connectivity index (χ4v) is 9.36. The van der Waals surface area contributed by atoms with E-state index >= 15 is 0 Å². The minimum atomic E-state index is -0.306. The standard InChI is InChI=1S/C44H84N10O/c1-9-44(8,49-42(47-40-20-12-10-13-21-40)48-41-22-14-11-15-23-41)36(2)32-55-43(6,7)37(3)54-34-50(26-18-30-52-28-16-24-45-38(52)4)33-51(35-54)27-19-31-53-29-17-25-46-39(53)5/h36-37,40-41H,9-35H2,1-8H3,(H2,47,48,49). The lowest BCUT2D eigenvalue weighted by atomic mass is 9.84. The predicted molar refractivity (Wildman–Crippen MR) is 232 cm³/mol. The Morgan fingerprint density at radius 1 is 0.764 bits per heavy atom. The van der Waals surface area contributed by atoms with Gasteiger partial charge < -0.3 is 25.2 Å². The SMILES string of the molecule is CCC(C)(N/C(=N/C1CCCCC1)NC1CCCCC1)C(C)COC(C)(C)C(C)N1CN(CCCN2CCCN=C2C)CN(CCCN2CCCN=C2C)C1. The monoisotopic (exact) mass is 769 g/mol. The smallest absolute Gasteiger partial charge is 0.192 e. The molecule has 55 heavy (non-hydrogen) atoms. The lowest BCUT2D eigenvalue weighted by molar-refractivity contribution is -0.129. The summed E-state index contributed by atoms with van der Waals surface area (Å²) in [6.07, 6.45) is 18.6. The molecule has 0 aromatic carbocycles. The number of ether oxygens (including phenoxy) is 1. The van der Waals surface area contributed by atoms with Gasteiger partial charge in [-0.15, -0.1) is 0 Å². The average Bonchev–Trinajstić information content (AvgIpc) is 3.19. The Bertz CT molecular complexity index is 1180. The number of hydrogen-bond donors (Lipinski definition) is 2. The summed E-state index contributed by atoms with van der Waals surface area (Å²) in [4.78, 5) is 27.8. The molecule has 0 aromatic rings. The summed E-state index contributed by atoms with van der Waals surface area (Å²) in [5, 5.41) is 7.95. The normalized spacial score (nSPS) is 24.6. The molecule has 3 atom stereocenters. The molecule has 5 rings (SSSR count). The molecule has 1 saturated heterocycles. The third-order valence-electron chi connectivity index (χ3n) is 14.1. The van der Waals surface area contributed by atoms with E-state index in [0.717, 1.165) is 97.6 Å². The Hall–Kier alpha value is -1.95. The molecule has 316 valence electrons. The van der Waals surface area contributed by atoms with Crippen LogP contribution in [-0.2, 0) is 4.74 Å². The molecule has 11 heteroatoms. The average molecular weight is 769 g/mol. The Kier molecular flexibility index (Phi) is 17.4. The van der Waals surface area contributed by atoms with Crippen LogP contribution in [0.5, 0.6) is 0 Å². The van der Waals surface area contributed by atoms with Crippen molar-refractivity contribution in [3.8, 4) is 0 Å². The largest absolute Gasteiger partial charge is 0.374 e. The first-order chi connectivity index (χ1) is 26.5. The van der Waals surface area contributed by atoms with Crippen molar-refractivity contribution in [2.24, 2.45) is 20.9 Å². The molecule has 2 saturated carbocycles. The van der Waals surface area contributed by atoms with E-state index in [-0.39, 0.29) is 17.2 Å². The maximum atomic E-state index is 7.03. The van der Waals surface area contributed by atoms with Gasteiger partial charge in [-0.3, -0.25) is 24.7 Å². The number of amidine groups is 2. The Balaban J connectivity index is 1.19. The van der Waals surface area contributed by atoms with Crippen LogP contribution in [0.1, 0.15) is 152 Å². The van der Waals surface area contributed by atoms with E-state index in [0.29, 0.717) is 24.6 Å². The number of nitrogens with one attached hydrogen (secondary N) is 2. The van der Waals surface area contributed by atoms with Crippen LogP contribution < -0.4 is 10.6 Å². The highest BCUT2D eigenvalue weighted by molar-refractivity contribution is 5.81. The summed E-state index contributed by atoms with van der Waals surface area (Å²) in [6, 6.07) is 1.23. The highest BCUT2D eigenvalue weighted by atomic mass is 16.5. The van der Waals surface area contributed by atoms with Crippen molar-refractivity contribution in [2.45, 2.75) is 181 Å². The molecule has 0 bridgehead atoms. The van der Waals surface area contributed by atoms with Crippen LogP contribution in [0, 0.1) is 5.92 Å². The molecular formula is C44H84N10O. The Morgan fingerprint density at radius 3 is 1.84 bits per heavy atom. The number of nitrogens with zero attached hydrogens (tertiary/aromatic N) is 8. The fraction of sp³-hybridized carbons (Fsp3) is 0.932. The molecule has 2 N–H and O–H groups in total. The van der Waals surface area contributed by atoms with E-state index < -0.39 is 0 Å². The molecule has 11 nitrogen and oxygen atoms in total. The first-order valence-corrected chi connectivity index (χ1v) is 22.9. The van der Waals surface area contributed by atoms with Gasteiger partial charge in [0.15, 0.2) is 5.96 Å². The van der Waals surface area contributed by atoms with Crippen LogP contribution in [0.2, 0.25) is 0 Å². The minimum absolute atomic E-state index is 0.123. The fourth-order valence-electron chi connectivity index (χ4n) is 9.36. The van der Waals surface area contributed by atoms with Crippen LogP contribution in [0.3, 0.4) is 0 Å². The third kappa shape index (κ3) is 13.6. The van der Waals surface area contributed by atoms with Crippen molar-refractivity contribution >= 4 is 17.6 Å². The van der Waals surface area contributed by atoms with Crippen LogP contribution in [0.25, 0.3) is 0 Å². The van der Waals surface area contributed by atoms with Gasteiger partial charge in [0, 0.05) is 75.9 Å². The zero-order valence-electron chi connectivity index (χ0n) is 36.9. The zero-order valence-corrected chi connectivity index (χ0v) is 36.9. The van der Waals surface area contributed by atoms with E-state index in [4.69, 9.17) is 19.7 Å². The number of guanidine groups is 1. The minimum Gasteiger partial charge on any atom is -0.374 e. The van der Waals surface area contributed by atoms with E-state index in [1.807, 2.05) is 0 Å². The van der Waals surface area contributed by atoms with E-state index in [9.17, 15) is 0 Å². The maximum Gasteiger partial charge on any atom is 0.192 e. The van der Waals surface area contributed by atoms with Gasteiger partial charge in [0.1, 0.15) is 0 Å². The summed E-state index contributed by atoms with van der Waals surface area (Å²) in [6.45, 7) is 30.8. The van der Waals surface area contributed by atoms with Crippen molar-refractivity contribution in [3.63, 3.8) is 0 Å². The van der Waals surface area contributed by atoms with Gasteiger partial charge in [-0.05, 0) is 99.3 Å². The molecule has 0 radical (unpaired) electrons. The van der Waals surface area contributed by atoms with Gasteiger partial charge in [0.2, 0.25) is 0 Å². The van der Waals surface area contributed by atoms with Crippen molar-refractivity contribution in [1.82, 2.24) is 35.1 Å². The summed E-state index contributed by atoms with van der Waals surface area (Å²) in [7, 11) is 0. The van der Waals surface area contributed by atoms with Crippen molar-refractivity contribution in [2.75, 3.05) is 79.0 Å². The van der Waals surface area contributed by atoms with Gasteiger partial charge in [0.05, 0.1) is 49.9 Å². The second-order valence-corrected chi connectivity index (χ2v) is 18.7. The van der Waals surface area contributed by atoms with Gasteiger partial charge in [-0.2, -0.15) is 0 Å². The Morgan fingerprint density at radius 2 is 1.31 bits per heavy atom. The van der Waals surface area contributed by atoms with Crippen molar-refractivity contribution in [3.05, 3.63) is 0 Å². The summed E-state index contributed by atoms with van der Waals surface area (Å²) in [5.74, 6) is 3.79. The van der Waals surface area contributed by atoms with E-state index in [1.165, 1.54) is 88.7 Å². The molecule has 3 heterocycles. The van der Waals surface area contributed by atoms with Gasteiger partial charge in [-0.25, -0.2) is 4.99 Å². The molecule has 0 spiro atoms. The maximum absolute atomic E-state index is 7.03. The molecular weight excluding hydrogens is 685 g/mol. The topological polar surface area (TPSA) is 86.6 Å². The molecule has 3 unspecified atom stereocenters. The molecule has 0 amide bonds. The number of hydrogen-bond acceptors (Lipinski definition) is 9. The lowest BCUT2D eigenvalue weighted by Crippen LogP contribution is -2.62. The molecule has 5 aliphatic rings. The second-order valence-electron chi connectivity index (χ2n) is 18.7. The lowest BCUT2D eigenvalue weighted by Gasteiger charge is -2.49. The zero-order chi connectivity index (χ0) is 39.3. The van der Waals surface area contributed by atoms with Crippen LogP contribution in [0.15, 0.2) is 15.0 Å². The van der Waals surface area contributed by atoms with Crippen LogP contribution in [0.4, 0.5) is 0 Å². The molecule has 0 aromatic heterocycles. The third-order valence-corrected chi connectivity index (χ3v) is 14.1. The van der Waals surface area contributed by atoms with Crippen molar-refractivity contribution < 1.29 is 4.74 Å². The van der Waals surface area contributed by atoms with Gasteiger partial charge >= 0.3 is 0 Å². The molecule has 3 aliphatic heterocycles. The number of aliphatic imine (C=N–C) groups is 3. The Labute approximate surface area is 337 Å². The first-order valence-electron chi connectivity index (χ1n) is 22.9. The van der Waals surface area contributed by atoms with Crippen LogP contribution >= 0.6 is 0 Å². The van der Waals surface area contributed by atoms with E-state index in [1.54, 1.807) is 0 Å². The van der Waals surface area contributed by atoms with Gasteiger partial charge in [-0.1, -0.05) is 52.4 Å². The number of rotatable bonds is 18. The highest BCUT2D eigenvalue weighted by Crippen LogP contribution is 2.29. The molecule has 3 fully saturated rings. The quantitative estimate of drug-likeness (QED) is 0.114. The molecule has 2 aliphatic carbocycles. The summed E-state index contributed by atoms with van der Waals surface area (Å²) in [5.41, 5.74) is -0.429. The van der Waals surface area contributed by atoms with Crippen molar-refractivity contribution in [1.29, 1.82) is 0 Å². The highest BCUT2D eigenvalue weighted by Gasteiger charge is 2.38. The summed E-state index contributed by atoms with van der Waals surface area (Å²) < 4.78 is 7.03. The van der Waals surface area contributed by atoms with Gasteiger partial charge in [0.25, 0.3) is 0 Å². The predicted octanol–water partition coefficient (Wildman–Crippen LogP) is 7.00. The first kappa shape index (κ1) is 44.2. The second kappa shape index (κ2) is 21.7. The van der Waals surface area contributed by atoms with Crippen LogP contribution in [-0.4, -0.2) is 150 Å².